The van der Waals surface area contributed by atoms with E-state index >= 15 is 0 Å². The molecule has 13 heavy (non-hydrogen) atoms. The highest BCUT2D eigenvalue weighted by Gasteiger charge is 2.51. The summed E-state index contributed by atoms with van der Waals surface area (Å²) < 4.78 is 0. The molecule has 72 valence electrons. The molecule has 2 aliphatic heterocycles. The summed E-state index contributed by atoms with van der Waals surface area (Å²) in [5.74, 6) is 0. The highest BCUT2D eigenvalue weighted by molar-refractivity contribution is 5.29. The number of hydrogen-bond donors (Lipinski definition) is 1. The van der Waals surface area contributed by atoms with Gasteiger partial charge in [-0.25, -0.2) is 0 Å². The molecule has 2 heteroatoms. The van der Waals surface area contributed by atoms with Gasteiger partial charge in [-0.1, -0.05) is 11.6 Å². The van der Waals surface area contributed by atoms with Gasteiger partial charge in [0.25, 0.3) is 0 Å². The number of nitrogens with zero attached hydrogens (tertiary/aromatic N) is 1. The number of nitrogens with two attached hydrogens (primary N) is 1. The fourth-order valence-corrected chi connectivity index (χ4v) is 3.60. The highest BCUT2D eigenvalue weighted by atomic mass is 15.3. The van der Waals surface area contributed by atoms with Gasteiger partial charge in [0.2, 0.25) is 0 Å². The van der Waals surface area contributed by atoms with E-state index in [0.717, 1.165) is 12.6 Å². The quantitative estimate of drug-likeness (QED) is 0.613. The van der Waals surface area contributed by atoms with Crippen molar-refractivity contribution in [2.45, 2.75) is 43.7 Å². The molecular formula is C11H18N2. The van der Waals surface area contributed by atoms with Crippen LogP contribution in [-0.4, -0.2) is 29.6 Å². The molecule has 3 rings (SSSR count). The molecule has 0 aromatic carbocycles. The van der Waals surface area contributed by atoms with Crippen LogP contribution in [0.25, 0.3) is 0 Å². The van der Waals surface area contributed by atoms with Gasteiger partial charge < -0.3 is 5.73 Å². The van der Waals surface area contributed by atoms with Crippen molar-refractivity contribution in [3.8, 4) is 0 Å². The first-order chi connectivity index (χ1) is 6.36. The third kappa shape index (κ3) is 0.906. The van der Waals surface area contributed by atoms with E-state index in [-0.39, 0.29) is 0 Å². The lowest BCUT2D eigenvalue weighted by molar-refractivity contribution is 0.157. The van der Waals surface area contributed by atoms with Crippen LogP contribution in [0, 0.1) is 0 Å². The summed E-state index contributed by atoms with van der Waals surface area (Å²) in [7, 11) is 0. The van der Waals surface area contributed by atoms with Crippen LogP contribution in [0.2, 0.25) is 0 Å². The predicted molar refractivity (Wildman–Crippen MR) is 53.4 cm³/mol. The van der Waals surface area contributed by atoms with Gasteiger partial charge in [-0.2, -0.15) is 0 Å². The van der Waals surface area contributed by atoms with Crippen LogP contribution in [0.1, 0.15) is 32.1 Å². The van der Waals surface area contributed by atoms with E-state index in [1.807, 2.05) is 0 Å². The van der Waals surface area contributed by atoms with E-state index in [9.17, 15) is 0 Å². The van der Waals surface area contributed by atoms with E-state index in [1.54, 1.807) is 5.57 Å². The van der Waals surface area contributed by atoms with Crippen molar-refractivity contribution in [2.75, 3.05) is 13.1 Å². The number of rotatable bonds is 1. The van der Waals surface area contributed by atoms with Gasteiger partial charge in [-0.15, -0.1) is 0 Å². The molecule has 2 saturated heterocycles. The summed E-state index contributed by atoms with van der Waals surface area (Å²) in [5.41, 5.74) is 8.03. The summed E-state index contributed by atoms with van der Waals surface area (Å²) in [6.45, 7) is 2.15. The topological polar surface area (TPSA) is 29.3 Å². The number of allylic oxidation sites excluding steroid dienone is 1. The summed E-state index contributed by atoms with van der Waals surface area (Å²) in [6, 6.07) is 0.783. The lowest BCUT2D eigenvalue weighted by atomic mass is 9.93. The third-order valence-electron chi connectivity index (χ3n) is 4.21. The molecule has 2 nitrogen and oxygen atoms in total. The first-order valence-electron chi connectivity index (χ1n) is 5.51. The molecule has 0 aromatic heterocycles. The Hall–Kier alpha value is -0.340. The van der Waals surface area contributed by atoms with Gasteiger partial charge in [0.1, 0.15) is 0 Å². The van der Waals surface area contributed by atoms with Crippen LogP contribution in [0.15, 0.2) is 11.6 Å². The first-order valence-corrected chi connectivity index (χ1v) is 5.51. The maximum atomic E-state index is 5.94. The molecule has 2 N–H and O–H groups in total. The lowest BCUT2D eigenvalue weighted by Gasteiger charge is -2.33. The number of hydrogen-bond acceptors (Lipinski definition) is 2. The zero-order valence-electron chi connectivity index (χ0n) is 8.13. The molecule has 2 heterocycles. The van der Waals surface area contributed by atoms with Crippen LogP contribution >= 0.6 is 0 Å². The standard InChI is InChI=1S/C11H18N2/c12-8-11-5-2-6-13(11)10-4-1-3-9(10)7-11/h3,10H,1-2,4-8,12H2. The van der Waals surface area contributed by atoms with Crippen molar-refractivity contribution in [1.29, 1.82) is 0 Å². The third-order valence-corrected chi connectivity index (χ3v) is 4.21. The molecule has 2 unspecified atom stereocenters. The highest BCUT2D eigenvalue weighted by Crippen LogP contribution is 2.48. The fraction of sp³-hybridized carbons (Fsp3) is 0.818. The van der Waals surface area contributed by atoms with Crippen molar-refractivity contribution in [3.63, 3.8) is 0 Å². The molecule has 0 radical (unpaired) electrons. The zero-order chi connectivity index (χ0) is 8.89. The van der Waals surface area contributed by atoms with Crippen LogP contribution < -0.4 is 5.73 Å². The maximum absolute atomic E-state index is 5.94. The molecule has 0 bridgehead atoms. The van der Waals surface area contributed by atoms with E-state index in [4.69, 9.17) is 5.73 Å². The summed E-state index contributed by atoms with van der Waals surface area (Å²) in [4.78, 5) is 2.70. The van der Waals surface area contributed by atoms with E-state index in [2.05, 4.69) is 11.0 Å². The van der Waals surface area contributed by atoms with Crippen molar-refractivity contribution < 1.29 is 0 Å². The minimum atomic E-state index is 0.386. The van der Waals surface area contributed by atoms with Gasteiger partial charge in [0.05, 0.1) is 0 Å². The molecule has 2 fully saturated rings. The molecular weight excluding hydrogens is 160 g/mol. The predicted octanol–water partition coefficient (Wildman–Crippen LogP) is 1.27. The van der Waals surface area contributed by atoms with Crippen LogP contribution in [-0.2, 0) is 0 Å². The second-order valence-corrected chi connectivity index (χ2v) is 4.77. The second kappa shape index (κ2) is 2.58. The van der Waals surface area contributed by atoms with Crippen molar-refractivity contribution in [1.82, 2.24) is 4.90 Å². The normalized spacial score (nSPS) is 43.5. The van der Waals surface area contributed by atoms with Gasteiger partial charge in [-0.3, -0.25) is 4.90 Å². The minimum absolute atomic E-state index is 0.386. The Morgan fingerprint density at radius 3 is 3.38 bits per heavy atom. The average molecular weight is 178 g/mol. The van der Waals surface area contributed by atoms with Gasteiger partial charge in [-0.05, 0) is 38.6 Å². The Morgan fingerprint density at radius 2 is 2.54 bits per heavy atom. The monoisotopic (exact) mass is 178 g/mol. The van der Waals surface area contributed by atoms with Gasteiger partial charge >= 0.3 is 0 Å². The Kier molecular flexibility index (Phi) is 1.59. The molecule has 0 aromatic rings. The summed E-state index contributed by atoms with van der Waals surface area (Å²) in [6.07, 6.45) is 9.08. The molecule has 0 saturated carbocycles. The largest absolute Gasteiger partial charge is 0.329 e. The summed E-state index contributed by atoms with van der Waals surface area (Å²) >= 11 is 0. The maximum Gasteiger partial charge on any atom is 0.0375 e. The molecule has 1 aliphatic carbocycles. The Balaban J connectivity index is 1.96. The van der Waals surface area contributed by atoms with E-state index < -0.39 is 0 Å². The van der Waals surface area contributed by atoms with Crippen molar-refractivity contribution in [2.24, 2.45) is 5.73 Å². The molecule has 3 aliphatic rings. The second-order valence-electron chi connectivity index (χ2n) is 4.77. The van der Waals surface area contributed by atoms with Crippen molar-refractivity contribution >= 4 is 0 Å². The first kappa shape index (κ1) is 8.01. The van der Waals surface area contributed by atoms with Crippen LogP contribution in [0.5, 0.6) is 0 Å². The lowest BCUT2D eigenvalue weighted by Crippen LogP contribution is -2.47. The van der Waals surface area contributed by atoms with Gasteiger partial charge in [0.15, 0.2) is 0 Å². The van der Waals surface area contributed by atoms with Gasteiger partial charge in [0, 0.05) is 18.1 Å². The smallest absolute Gasteiger partial charge is 0.0375 e. The molecule has 0 amide bonds. The average Bonchev–Trinajstić information content (AvgIpc) is 2.72. The Bertz CT molecular complexity index is 259. The SMILES string of the molecule is NCC12CCCN1C1CCC=C1C2. The zero-order valence-corrected chi connectivity index (χ0v) is 8.13. The van der Waals surface area contributed by atoms with Crippen molar-refractivity contribution in [3.05, 3.63) is 11.6 Å². The van der Waals surface area contributed by atoms with Crippen LogP contribution in [0.3, 0.4) is 0 Å². The Labute approximate surface area is 79.8 Å². The van der Waals surface area contributed by atoms with E-state index in [0.29, 0.717) is 5.54 Å². The minimum Gasteiger partial charge on any atom is -0.329 e. The molecule has 2 atom stereocenters. The van der Waals surface area contributed by atoms with E-state index in [1.165, 1.54) is 38.6 Å². The summed E-state index contributed by atoms with van der Waals surface area (Å²) in [5, 5.41) is 0. The number of fused-ring (bicyclic) bond motifs is 3. The molecule has 0 spiro atoms. The fourth-order valence-electron chi connectivity index (χ4n) is 3.60. The Morgan fingerprint density at radius 1 is 1.62 bits per heavy atom. The van der Waals surface area contributed by atoms with Crippen LogP contribution in [0.4, 0.5) is 0 Å².